The zero-order valence-electron chi connectivity index (χ0n) is 17.2. The fourth-order valence-electron chi connectivity index (χ4n) is 3.31. The van der Waals surface area contributed by atoms with E-state index in [1.807, 2.05) is 31.2 Å². The molecule has 1 aliphatic carbocycles. The van der Waals surface area contributed by atoms with E-state index in [0.717, 1.165) is 47.4 Å². The predicted octanol–water partition coefficient (Wildman–Crippen LogP) is 4.42. The average Bonchev–Trinajstić information content (AvgIpc) is 3.07. The summed E-state index contributed by atoms with van der Waals surface area (Å²) in [6.07, 6.45) is 3.89. The molecule has 0 atom stereocenters. The number of aryl methyl sites for hydroxylation is 2. The summed E-state index contributed by atoms with van der Waals surface area (Å²) in [4.78, 5) is 38.1. The third-order valence-electron chi connectivity index (χ3n) is 4.71. The van der Waals surface area contributed by atoms with Gasteiger partial charge in [0.25, 0.3) is 0 Å². The van der Waals surface area contributed by atoms with E-state index in [9.17, 15) is 14.4 Å². The number of thiophene rings is 1. The lowest BCUT2D eigenvalue weighted by atomic mass is 9.95. The van der Waals surface area contributed by atoms with E-state index >= 15 is 0 Å². The molecule has 3 rings (SSSR count). The maximum atomic E-state index is 12.5. The fraction of sp³-hybridized carbons (Fsp3) is 0.409. The van der Waals surface area contributed by atoms with E-state index in [1.54, 1.807) is 6.92 Å². The summed E-state index contributed by atoms with van der Waals surface area (Å²) in [6, 6.07) is 7.55. The topological polar surface area (TPSA) is 84.5 Å². The molecular formula is C22H26N2O4S2. The Hall–Kier alpha value is -2.32. The number of amides is 2. The van der Waals surface area contributed by atoms with E-state index in [0.29, 0.717) is 17.2 Å². The van der Waals surface area contributed by atoms with Crippen LogP contribution in [0.5, 0.6) is 0 Å². The number of hydrogen-bond donors (Lipinski definition) is 2. The van der Waals surface area contributed by atoms with Crippen LogP contribution in [0.2, 0.25) is 0 Å². The molecule has 30 heavy (non-hydrogen) atoms. The Morgan fingerprint density at radius 2 is 1.70 bits per heavy atom. The molecule has 6 nitrogen and oxygen atoms in total. The molecule has 1 aromatic heterocycles. The maximum absolute atomic E-state index is 12.5. The van der Waals surface area contributed by atoms with Gasteiger partial charge in [0, 0.05) is 10.6 Å². The van der Waals surface area contributed by atoms with Gasteiger partial charge in [0.05, 0.1) is 23.7 Å². The number of carbonyl (C=O) groups is 3. The number of fused-ring (bicyclic) bond motifs is 1. The Kier molecular flexibility index (Phi) is 7.93. The van der Waals surface area contributed by atoms with Crippen LogP contribution in [0.15, 0.2) is 24.3 Å². The van der Waals surface area contributed by atoms with Gasteiger partial charge in [-0.25, -0.2) is 4.79 Å². The highest BCUT2D eigenvalue weighted by Gasteiger charge is 2.27. The van der Waals surface area contributed by atoms with Crippen LogP contribution in [-0.2, 0) is 27.2 Å². The molecule has 160 valence electrons. The molecule has 0 saturated carbocycles. The number of ether oxygens (including phenoxy) is 1. The van der Waals surface area contributed by atoms with Crippen LogP contribution in [0.4, 0.5) is 10.7 Å². The van der Waals surface area contributed by atoms with E-state index in [4.69, 9.17) is 4.74 Å². The van der Waals surface area contributed by atoms with E-state index in [2.05, 4.69) is 10.6 Å². The standard InChI is InChI=1S/C22H26N2O4S2/c1-3-28-22(27)20-16-6-4-5-7-17(16)30-21(20)24-19(26)13-29-12-18(25)23-15-10-8-14(2)9-11-15/h8-11H,3-7,12-13H2,1-2H3,(H,23,25)(H,24,26). The van der Waals surface area contributed by atoms with Crippen molar-refractivity contribution >= 4 is 51.6 Å². The zero-order chi connectivity index (χ0) is 21.5. The molecule has 0 radical (unpaired) electrons. The number of nitrogens with one attached hydrogen (secondary N) is 2. The minimum atomic E-state index is -0.377. The number of rotatable bonds is 8. The molecule has 1 aliphatic rings. The monoisotopic (exact) mass is 446 g/mol. The Labute approximate surface area is 184 Å². The number of carbonyl (C=O) groups excluding carboxylic acids is 3. The highest BCUT2D eigenvalue weighted by Crippen LogP contribution is 2.38. The number of anilines is 2. The highest BCUT2D eigenvalue weighted by atomic mass is 32.2. The second-order valence-electron chi connectivity index (χ2n) is 7.09. The first kappa shape index (κ1) is 22.4. The average molecular weight is 447 g/mol. The van der Waals surface area contributed by atoms with Gasteiger partial charge in [-0.05, 0) is 57.2 Å². The first-order valence-corrected chi connectivity index (χ1v) is 12.0. The number of hydrogen-bond acceptors (Lipinski definition) is 6. The number of esters is 1. The lowest BCUT2D eigenvalue weighted by Gasteiger charge is -2.12. The second kappa shape index (κ2) is 10.6. The fourth-order valence-corrected chi connectivity index (χ4v) is 5.22. The quantitative estimate of drug-likeness (QED) is 0.586. The first-order valence-electron chi connectivity index (χ1n) is 10.0. The van der Waals surface area contributed by atoms with Crippen molar-refractivity contribution in [2.45, 2.75) is 39.5 Å². The molecule has 0 spiro atoms. The van der Waals surface area contributed by atoms with Crippen LogP contribution in [0, 0.1) is 6.92 Å². The van der Waals surface area contributed by atoms with E-state index < -0.39 is 0 Å². The summed E-state index contributed by atoms with van der Waals surface area (Å²) in [6.45, 7) is 4.05. The zero-order valence-corrected chi connectivity index (χ0v) is 18.8. The van der Waals surface area contributed by atoms with Gasteiger partial charge in [-0.2, -0.15) is 0 Å². The van der Waals surface area contributed by atoms with Crippen molar-refractivity contribution in [3.63, 3.8) is 0 Å². The molecule has 0 saturated heterocycles. The Morgan fingerprint density at radius 3 is 2.40 bits per heavy atom. The summed E-state index contributed by atoms with van der Waals surface area (Å²) in [5.41, 5.74) is 3.38. The molecule has 1 heterocycles. The Morgan fingerprint density at radius 1 is 1.03 bits per heavy atom. The van der Waals surface area contributed by atoms with Gasteiger partial charge < -0.3 is 15.4 Å². The summed E-state index contributed by atoms with van der Waals surface area (Å²) in [5.74, 6) is -0.459. The van der Waals surface area contributed by atoms with Crippen molar-refractivity contribution in [3.8, 4) is 0 Å². The normalized spacial score (nSPS) is 12.7. The molecule has 0 unspecified atom stereocenters. The lowest BCUT2D eigenvalue weighted by Crippen LogP contribution is -2.19. The minimum Gasteiger partial charge on any atom is -0.462 e. The van der Waals surface area contributed by atoms with Crippen molar-refractivity contribution in [1.29, 1.82) is 0 Å². The molecule has 2 aromatic rings. The summed E-state index contributed by atoms with van der Waals surface area (Å²) >= 11 is 2.70. The van der Waals surface area contributed by atoms with Gasteiger partial charge in [0.15, 0.2) is 0 Å². The Balaban J connectivity index is 1.54. The van der Waals surface area contributed by atoms with E-state index in [-0.39, 0.29) is 29.3 Å². The van der Waals surface area contributed by atoms with Crippen LogP contribution in [-0.4, -0.2) is 35.9 Å². The number of benzene rings is 1. The van der Waals surface area contributed by atoms with Crippen molar-refractivity contribution in [2.75, 3.05) is 28.7 Å². The van der Waals surface area contributed by atoms with Crippen LogP contribution in [0.1, 0.15) is 46.1 Å². The SMILES string of the molecule is CCOC(=O)c1c(NC(=O)CSCC(=O)Nc2ccc(C)cc2)sc2c1CCCC2. The summed E-state index contributed by atoms with van der Waals surface area (Å²) in [7, 11) is 0. The first-order chi connectivity index (χ1) is 14.5. The van der Waals surface area contributed by atoms with Crippen LogP contribution in [0.25, 0.3) is 0 Å². The third kappa shape index (κ3) is 5.86. The van der Waals surface area contributed by atoms with Crippen molar-refractivity contribution in [2.24, 2.45) is 0 Å². The Bertz CT molecular complexity index is 922. The highest BCUT2D eigenvalue weighted by molar-refractivity contribution is 8.00. The van der Waals surface area contributed by atoms with Gasteiger partial charge in [0.1, 0.15) is 5.00 Å². The number of thioether (sulfide) groups is 1. The molecule has 2 N–H and O–H groups in total. The smallest absolute Gasteiger partial charge is 0.341 e. The van der Waals surface area contributed by atoms with E-state index in [1.165, 1.54) is 23.1 Å². The van der Waals surface area contributed by atoms with Crippen molar-refractivity contribution in [1.82, 2.24) is 0 Å². The molecule has 1 aromatic carbocycles. The van der Waals surface area contributed by atoms with Gasteiger partial charge >= 0.3 is 5.97 Å². The molecule has 2 amide bonds. The maximum Gasteiger partial charge on any atom is 0.341 e. The van der Waals surface area contributed by atoms with Gasteiger partial charge in [-0.3, -0.25) is 9.59 Å². The largest absolute Gasteiger partial charge is 0.462 e. The second-order valence-corrected chi connectivity index (χ2v) is 9.18. The molecule has 0 fully saturated rings. The van der Waals surface area contributed by atoms with Gasteiger partial charge in [-0.1, -0.05) is 17.7 Å². The van der Waals surface area contributed by atoms with Crippen LogP contribution in [0.3, 0.4) is 0 Å². The van der Waals surface area contributed by atoms with Gasteiger partial charge in [-0.15, -0.1) is 23.1 Å². The van der Waals surface area contributed by atoms with Crippen molar-refractivity contribution < 1.29 is 19.1 Å². The van der Waals surface area contributed by atoms with Crippen molar-refractivity contribution in [3.05, 3.63) is 45.8 Å². The minimum absolute atomic E-state index is 0.131. The van der Waals surface area contributed by atoms with Crippen LogP contribution < -0.4 is 10.6 Å². The molecule has 8 heteroatoms. The molecule has 0 bridgehead atoms. The summed E-state index contributed by atoms with van der Waals surface area (Å²) in [5, 5.41) is 6.24. The van der Waals surface area contributed by atoms with Gasteiger partial charge in [0.2, 0.25) is 11.8 Å². The van der Waals surface area contributed by atoms with Crippen LogP contribution >= 0.6 is 23.1 Å². The third-order valence-corrected chi connectivity index (χ3v) is 6.85. The summed E-state index contributed by atoms with van der Waals surface area (Å²) < 4.78 is 5.21. The molecule has 0 aliphatic heterocycles. The predicted molar refractivity (Wildman–Crippen MR) is 123 cm³/mol. The molecular weight excluding hydrogens is 420 g/mol. The lowest BCUT2D eigenvalue weighted by molar-refractivity contribution is -0.114.